The number of methoxy groups -OCH3 is 4. The van der Waals surface area contributed by atoms with E-state index in [1.165, 1.54) is 0 Å². The molecule has 8 nitrogen and oxygen atoms in total. The molecule has 0 unspecified atom stereocenters. The molecule has 0 amide bonds. The van der Waals surface area contributed by atoms with Crippen LogP contribution in [0.5, 0.6) is 28.7 Å². The third-order valence-corrected chi connectivity index (χ3v) is 4.22. The van der Waals surface area contributed by atoms with Crippen molar-refractivity contribution in [1.82, 2.24) is 5.32 Å². The molecule has 164 valence electrons. The second-order valence-corrected chi connectivity index (χ2v) is 6.15. The third kappa shape index (κ3) is 5.85. The Hall–Kier alpha value is -3.29. The first kappa shape index (κ1) is 23.0. The van der Waals surface area contributed by atoms with Gasteiger partial charge in [-0.3, -0.25) is 0 Å². The van der Waals surface area contributed by atoms with E-state index in [1.807, 2.05) is 44.2 Å². The number of guanidine groups is 1. The Kier molecular flexibility index (Phi) is 8.93. The average molecular weight is 418 g/mol. The topological polar surface area (TPSA) is 82.6 Å². The molecule has 2 aromatic carbocycles. The summed E-state index contributed by atoms with van der Waals surface area (Å²) in [5.74, 6) is 3.69. The fourth-order valence-corrected chi connectivity index (χ4v) is 2.86. The lowest BCUT2D eigenvalue weighted by molar-refractivity contribution is 0.310. The SMILES string of the molecule is CCNC(=NCc1ccc(OC)c(OCC)c1)Nc1cc(OC)c(OC)c(OC)c1. The zero-order chi connectivity index (χ0) is 21.9. The highest BCUT2D eigenvalue weighted by Crippen LogP contribution is 2.39. The minimum absolute atomic E-state index is 0.462. The van der Waals surface area contributed by atoms with Crippen molar-refractivity contribution >= 4 is 11.6 Å². The molecular formula is C22H31N3O5. The molecule has 0 aromatic heterocycles. The van der Waals surface area contributed by atoms with Gasteiger partial charge in [0.25, 0.3) is 0 Å². The van der Waals surface area contributed by atoms with Gasteiger partial charge in [0.1, 0.15) is 0 Å². The molecular weight excluding hydrogens is 386 g/mol. The van der Waals surface area contributed by atoms with Gasteiger partial charge in [-0.15, -0.1) is 0 Å². The van der Waals surface area contributed by atoms with Gasteiger partial charge in [0, 0.05) is 24.4 Å². The van der Waals surface area contributed by atoms with Gasteiger partial charge in [-0.25, -0.2) is 4.99 Å². The Bertz CT molecular complexity index is 830. The number of rotatable bonds is 10. The third-order valence-electron chi connectivity index (χ3n) is 4.22. The van der Waals surface area contributed by atoms with Crippen LogP contribution >= 0.6 is 0 Å². The first-order valence-corrected chi connectivity index (χ1v) is 9.75. The molecule has 0 heterocycles. The van der Waals surface area contributed by atoms with Crippen LogP contribution in [-0.4, -0.2) is 47.6 Å². The van der Waals surface area contributed by atoms with Gasteiger partial charge in [-0.1, -0.05) is 6.07 Å². The van der Waals surface area contributed by atoms with Crippen LogP contribution in [0.25, 0.3) is 0 Å². The molecule has 2 rings (SSSR count). The molecule has 0 saturated heterocycles. The highest BCUT2D eigenvalue weighted by molar-refractivity contribution is 5.94. The minimum Gasteiger partial charge on any atom is -0.493 e. The van der Waals surface area contributed by atoms with Crippen LogP contribution in [-0.2, 0) is 6.54 Å². The molecule has 0 spiro atoms. The summed E-state index contributed by atoms with van der Waals surface area (Å²) < 4.78 is 27.2. The first-order valence-electron chi connectivity index (χ1n) is 9.75. The fraction of sp³-hybridized carbons (Fsp3) is 0.409. The van der Waals surface area contributed by atoms with Crippen LogP contribution in [0.1, 0.15) is 19.4 Å². The summed E-state index contributed by atoms with van der Waals surface area (Å²) in [5.41, 5.74) is 1.76. The largest absolute Gasteiger partial charge is 0.493 e. The van der Waals surface area contributed by atoms with Gasteiger partial charge in [-0.2, -0.15) is 0 Å². The average Bonchev–Trinajstić information content (AvgIpc) is 2.77. The number of ether oxygens (including phenoxy) is 5. The monoisotopic (exact) mass is 417 g/mol. The minimum atomic E-state index is 0.462. The van der Waals surface area contributed by atoms with E-state index < -0.39 is 0 Å². The maximum absolute atomic E-state index is 5.65. The van der Waals surface area contributed by atoms with Crippen molar-refractivity contribution in [2.75, 3.05) is 46.9 Å². The molecule has 0 atom stereocenters. The van der Waals surface area contributed by atoms with E-state index in [0.717, 1.165) is 11.3 Å². The van der Waals surface area contributed by atoms with Gasteiger partial charge in [0.05, 0.1) is 41.6 Å². The number of benzene rings is 2. The number of aliphatic imine (C=N–C) groups is 1. The van der Waals surface area contributed by atoms with Crippen LogP contribution in [0.2, 0.25) is 0 Å². The van der Waals surface area contributed by atoms with Crippen molar-refractivity contribution in [3.8, 4) is 28.7 Å². The summed E-state index contributed by atoms with van der Waals surface area (Å²) in [6.45, 7) is 5.68. The molecule has 0 bridgehead atoms. The van der Waals surface area contributed by atoms with E-state index in [2.05, 4.69) is 15.6 Å². The van der Waals surface area contributed by atoms with Crippen molar-refractivity contribution in [2.45, 2.75) is 20.4 Å². The van der Waals surface area contributed by atoms with Crippen molar-refractivity contribution in [3.63, 3.8) is 0 Å². The number of hydrogen-bond acceptors (Lipinski definition) is 6. The second-order valence-electron chi connectivity index (χ2n) is 6.15. The molecule has 2 aromatic rings. The van der Waals surface area contributed by atoms with E-state index in [0.29, 0.717) is 54.4 Å². The number of nitrogens with zero attached hydrogens (tertiary/aromatic N) is 1. The van der Waals surface area contributed by atoms with E-state index in [4.69, 9.17) is 23.7 Å². The summed E-state index contributed by atoms with van der Waals surface area (Å²) in [5, 5.41) is 6.52. The summed E-state index contributed by atoms with van der Waals surface area (Å²) >= 11 is 0. The van der Waals surface area contributed by atoms with E-state index in [1.54, 1.807) is 28.4 Å². The highest BCUT2D eigenvalue weighted by atomic mass is 16.5. The fourth-order valence-electron chi connectivity index (χ4n) is 2.86. The normalized spacial score (nSPS) is 10.9. The Labute approximate surface area is 178 Å². The molecule has 0 saturated carbocycles. The summed E-state index contributed by atoms with van der Waals surface area (Å²) in [6.07, 6.45) is 0. The Balaban J connectivity index is 2.26. The van der Waals surface area contributed by atoms with Gasteiger partial charge < -0.3 is 34.3 Å². The van der Waals surface area contributed by atoms with Crippen LogP contribution in [0.15, 0.2) is 35.3 Å². The first-order chi connectivity index (χ1) is 14.6. The summed E-state index contributed by atoms with van der Waals surface area (Å²) in [7, 11) is 6.37. The Morgan fingerprint density at radius 1 is 0.833 bits per heavy atom. The zero-order valence-corrected chi connectivity index (χ0v) is 18.5. The molecule has 2 N–H and O–H groups in total. The number of hydrogen-bond donors (Lipinski definition) is 2. The van der Waals surface area contributed by atoms with Crippen LogP contribution in [0.3, 0.4) is 0 Å². The summed E-state index contributed by atoms with van der Waals surface area (Å²) in [4.78, 5) is 4.67. The summed E-state index contributed by atoms with van der Waals surface area (Å²) in [6, 6.07) is 9.45. The van der Waals surface area contributed by atoms with Crippen LogP contribution in [0.4, 0.5) is 5.69 Å². The molecule has 30 heavy (non-hydrogen) atoms. The molecule has 0 radical (unpaired) electrons. The van der Waals surface area contributed by atoms with Crippen molar-refractivity contribution < 1.29 is 23.7 Å². The smallest absolute Gasteiger partial charge is 0.203 e. The predicted octanol–water partition coefficient (Wildman–Crippen LogP) is 3.70. The standard InChI is InChI=1S/C22H31N3O5/c1-7-23-22(24-14-15-9-10-17(26-3)18(11-15)30-8-2)25-16-12-19(27-4)21(29-6)20(13-16)28-5/h9-13H,7-8,14H2,1-6H3,(H2,23,24,25). The van der Waals surface area contributed by atoms with Crippen molar-refractivity contribution in [1.29, 1.82) is 0 Å². The predicted molar refractivity (Wildman–Crippen MR) is 119 cm³/mol. The quantitative estimate of drug-likeness (QED) is 0.451. The lowest BCUT2D eigenvalue weighted by atomic mass is 10.2. The maximum atomic E-state index is 5.65. The van der Waals surface area contributed by atoms with E-state index in [9.17, 15) is 0 Å². The second kappa shape index (κ2) is 11.6. The molecule has 0 aliphatic heterocycles. The Morgan fingerprint density at radius 3 is 2.03 bits per heavy atom. The molecule has 0 aliphatic rings. The van der Waals surface area contributed by atoms with Gasteiger partial charge in [-0.05, 0) is 31.5 Å². The maximum Gasteiger partial charge on any atom is 0.203 e. The van der Waals surface area contributed by atoms with Gasteiger partial charge >= 0.3 is 0 Å². The van der Waals surface area contributed by atoms with E-state index in [-0.39, 0.29) is 0 Å². The van der Waals surface area contributed by atoms with Crippen molar-refractivity contribution in [3.05, 3.63) is 35.9 Å². The van der Waals surface area contributed by atoms with Crippen molar-refractivity contribution in [2.24, 2.45) is 4.99 Å². The number of nitrogens with one attached hydrogen (secondary N) is 2. The molecule has 0 aliphatic carbocycles. The molecule has 8 heteroatoms. The highest BCUT2D eigenvalue weighted by Gasteiger charge is 2.14. The molecule has 0 fully saturated rings. The van der Waals surface area contributed by atoms with Gasteiger partial charge in [0.15, 0.2) is 29.0 Å². The lowest BCUT2D eigenvalue weighted by Gasteiger charge is -2.16. The van der Waals surface area contributed by atoms with Crippen LogP contribution in [0, 0.1) is 0 Å². The van der Waals surface area contributed by atoms with E-state index >= 15 is 0 Å². The van der Waals surface area contributed by atoms with Crippen LogP contribution < -0.4 is 34.3 Å². The number of anilines is 1. The van der Waals surface area contributed by atoms with Gasteiger partial charge in [0.2, 0.25) is 5.75 Å². The lowest BCUT2D eigenvalue weighted by Crippen LogP contribution is -2.30. The zero-order valence-electron chi connectivity index (χ0n) is 18.5. The Morgan fingerprint density at radius 2 is 1.50 bits per heavy atom.